The summed E-state index contributed by atoms with van der Waals surface area (Å²) in [6.07, 6.45) is 6.77. The molecule has 4 rings (SSSR count). The molecule has 0 bridgehead atoms. The minimum Gasteiger partial charge on any atom is -0.396 e. The number of imidazole rings is 1. The number of aryl methyl sites for hydroxylation is 1. The summed E-state index contributed by atoms with van der Waals surface area (Å²) in [5, 5.41) is 9.01. The largest absolute Gasteiger partial charge is 0.396 e. The Hall–Kier alpha value is -1.69. The number of anilines is 1. The molecule has 2 aromatic rings. The molecular weight excluding hydrogens is 278 g/mol. The fourth-order valence-corrected chi connectivity index (χ4v) is 4.07. The summed E-state index contributed by atoms with van der Waals surface area (Å²) >= 11 is 0. The fraction of sp³-hybridized carbons (Fsp3) is 0.688. The van der Waals surface area contributed by atoms with Crippen molar-refractivity contribution in [2.24, 2.45) is 10.8 Å². The van der Waals surface area contributed by atoms with Crippen molar-refractivity contribution in [1.29, 1.82) is 0 Å². The van der Waals surface area contributed by atoms with E-state index in [9.17, 15) is 0 Å². The second-order valence-corrected chi connectivity index (χ2v) is 7.36. The van der Waals surface area contributed by atoms with Crippen LogP contribution in [0, 0.1) is 10.8 Å². The van der Waals surface area contributed by atoms with E-state index >= 15 is 0 Å². The lowest BCUT2D eigenvalue weighted by atomic mass is 9.53. The smallest absolute Gasteiger partial charge is 0.165 e. The van der Waals surface area contributed by atoms with Crippen molar-refractivity contribution < 1.29 is 5.11 Å². The number of hydrogen-bond acceptors (Lipinski definition) is 5. The first kappa shape index (κ1) is 13.9. The zero-order valence-electron chi connectivity index (χ0n) is 13.3. The first-order chi connectivity index (χ1) is 10.6. The fourth-order valence-electron chi connectivity index (χ4n) is 4.07. The van der Waals surface area contributed by atoms with E-state index in [1.807, 2.05) is 10.9 Å². The molecule has 0 radical (unpaired) electrons. The Balaban J connectivity index is 1.70. The molecule has 6 nitrogen and oxygen atoms in total. The van der Waals surface area contributed by atoms with Crippen molar-refractivity contribution in [1.82, 2.24) is 19.5 Å². The van der Waals surface area contributed by atoms with Crippen LogP contribution in [0.4, 0.5) is 5.82 Å². The molecule has 0 amide bonds. The molecule has 1 N–H and O–H groups in total. The lowest BCUT2D eigenvalue weighted by molar-refractivity contribution is 0.00430. The number of aromatic nitrogens is 4. The Bertz CT molecular complexity index is 696. The van der Waals surface area contributed by atoms with Gasteiger partial charge < -0.3 is 14.6 Å². The van der Waals surface area contributed by atoms with Crippen LogP contribution in [0.5, 0.6) is 0 Å². The zero-order valence-corrected chi connectivity index (χ0v) is 13.3. The average molecular weight is 301 g/mol. The SMILES string of the molecule is C[C@@]12CC[C@]1(C)CN(c1ncnc3c1ncn3CCCO)C2. The third kappa shape index (κ3) is 1.79. The number of hydrogen-bond donors (Lipinski definition) is 1. The molecule has 1 aliphatic heterocycles. The summed E-state index contributed by atoms with van der Waals surface area (Å²) in [5.74, 6) is 0.963. The summed E-state index contributed by atoms with van der Waals surface area (Å²) < 4.78 is 2.00. The van der Waals surface area contributed by atoms with Crippen LogP contribution in [0.3, 0.4) is 0 Å². The molecule has 0 aromatic carbocycles. The third-order valence-corrected chi connectivity index (χ3v) is 6.00. The van der Waals surface area contributed by atoms with E-state index in [4.69, 9.17) is 5.11 Å². The molecular formula is C16H23N5O. The maximum absolute atomic E-state index is 9.01. The molecule has 2 fully saturated rings. The second kappa shape index (κ2) is 4.65. The molecule has 2 atom stereocenters. The third-order valence-electron chi connectivity index (χ3n) is 6.00. The Morgan fingerprint density at radius 1 is 1.14 bits per heavy atom. The molecule has 2 aromatic heterocycles. The van der Waals surface area contributed by atoms with Crippen LogP contribution in [-0.4, -0.2) is 44.3 Å². The highest BCUT2D eigenvalue weighted by Gasteiger charge is 2.58. The molecule has 1 aliphatic carbocycles. The Labute approximate surface area is 130 Å². The Kier molecular flexibility index (Phi) is 2.95. The van der Waals surface area contributed by atoms with Crippen LogP contribution < -0.4 is 4.90 Å². The Morgan fingerprint density at radius 3 is 2.50 bits per heavy atom. The molecule has 3 heterocycles. The molecule has 2 aliphatic rings. The molecule has 118 valence electrons. The van der Waals surface area contributed by atoms with Gasteiger partial charge in [0.05, 0.1) is 6.33 Å². The molecule has 1 saturated carbocycles. The van der Waals surface area contributed by atoms with Gasteiger partial charge in [-0.1, -0.05) is 13.8 Å². The molecule has 0 spiro atoms. The van der Waals surface area contributed by atoms with Gasteiger partial charge in [0.1, 0.15) is 6.33 Å². The van der Waals surface area contributed by atoms with E-state index in [2.05, 4.69) is 33.7 Å². The monoisotopic (exact) mass is 301 g/mol. The van der Waals surface area contributed by atoms with Gasteiger partial charge in [0.25, 0.3) is 0 Å². The van der Waals surface area contributed by atoms with Crippen LogP contribution in [0.25, 0.3) is 11.2 Å². The number of rotatable bonds is 4. The van der Waals surface area contributed by atoms with Crippen molar-refractivity contribution >= 4 is 17.0 Å². The van der Waals surface area contributed by atoms with Gasteiger partial charge in [0.2, 0.25) is 0 Å². The van der Waals surface area contributed by atoms with Crippen LogP contribution in [0.2, 0.25) is 0 Å². The van der Waals surface area contributed by atoms with Gasteiger partial charge in [0.15, 0.2) is 17.0 Å². The highest BCUT2D eigenvalue weighted by atomic mass is 16.3. The highest BCUT2D eigenvalue weighted by Crippen LogP contribution is 2.61. The number of aliphatic hydroxyl groups is 1. The van der Waals surface area contributed by atoms with Crippen molar-refractivity contribution in [3.8, 4) is 0 Å². The van der Waals surface area contributed by atoms with Crippen LogP contribution in [0.15, 0.2) is 12.7 Å². The normalized spacial score (nSPS) is 30.6. The van der Waals surface area contributed by atoms with E-state index in [0.717, 1.165) is 36.6 Å². The van der Waals surface area contributed by atoms with Crippen LogP contribution >= 0.6 is 0 Å². The quantitative estimate of drug-likeness (QED) is 0.933. The molecule has 0 unspecified atom stereocenters. The summed E-state index contributed by atoms with van der Waals surface area (Å²) in [6, 6.07) is 0. The van der Waals surface area contributed by atoms with Gasteiger partial charge in [-0.3, -0.25) is 0 Å². The summed E-state index contributed by atoms with van der Waals surface area (Å²) in [7, 11) is 0. The lowest BCUT2D eigenvalue weighted by Gasteiger charge is -2.50. The maximum atomic E-state index is 9.01. The van der Waals surface area contributed by atoms with E-state index in [-0.39, 0.29) is 6.61 Å². The van der Waals surface area contributed by atoms with Gasteiger partial charge in [-0.05, 0) is 30.1 Å². The Morgan fingerprint density at radius 2 is 1.86 bits per heavy atom. The molecule has 22 heavy (non-hydrogen) atoms. The maximum Gasteiger partial charge on any atom is 0.165 e. The summed E-state index contributed by atoms with van der Waals surface area (Å²) in [5.41, 5.74) is 2.56. The van der Waals surface area contributed by atoms with E-state index in [1.54, 1.807) is 6.33 Å². The van der Waals surface area contributed by atoms with Gasteiger partial charge in [-0.15, -0.1) is 0 Å². The van der Waals surface area contributed by atoms with Gasteiger partial charge >= 0.3 is 0 Å². The summed E-state index contributed by atoms with van der Waals surface area (Å²) in [4.78, 5) is 15.9. The number of aliphatic hydroxyl groups excluding tert-OH is 1. The van der Waals surface area contributed by atoms with Crippen molar-refractivity contribution in [3.63, 3.8) is 0 Å². The zero-order chi connectivity index (χ0) is 15.4. The number of nitrogens with zero attached hydrogens (tertiary/aromatic N) is 5. The van der Waals surface area contributed by atoms with E-state index in [1.165, 1.54) is 12.8 Å². The number of fused-ring (bicyclic) bond motifs is 2. The predicted molar refractivity (Wildman–Crippen MR) is 84.7 cm³/mol. The van der Waals surface area contributed by atoms with Crippen LogP contribution in [-0.2, 0) is 6.54 Å². The van der Waals surface area contributed by atoms with E-state index in [0.29, 0.717) is 17.3 Å². The van der Waals surface area contributed by atoms with Crippen molar-refractivity contribution in [3.05, 3.63) is 12.7 Å². The predicted octanol–water partition coefficient (Wildman–Crippen LogP) is 1.84. The lowest BCUT2D eigenvalue weighted by Crippen LogP contribution is -2.45. The standard InChI is InChI=1S/C16H23N5O/c1-15-4-5-16(15,2)9-21(8-15)14-12-13(17-10-18-14)20(11-19-12)6-3-7-22/h10-11,22H,3-9H2,1-2H3/t15-,16+. The average Bonchev–Trinajstić information content (AvgIpc) is 3.00. The molecule has 6 heteroatoms. The van der Waals surface area contributed by atoms with Crippen molar-refractivity contribution in [2.45, 2.75) is 39.7 Å². The topological polar surface area (TPSA) is 67.1 Å². The first-order valence-corrected chi connectivity index (χ1v) is 8.08. The highest BCUT2D eigenvalue weighted by molar-refractivity contribution is 5.83. The van der Waals surface area contributed by atoms with Crippen LogP contribution in [0.1, 0.15) is 33.1 Å². The van der Waals surface area contributed by atoms with Gasteiger partial charge in [0, 0.05) is 26.2 Å². The van der Waals surface area contributed by atoms with Crippen molar-refractivity contribution in [2.75, 3.05) is 24.6 Å². The minimum atomic E-state index is 0.181. The van der Waals surface area contributed by atoms with Gasteiger partial charge in [-0.25, -0.2) is 15.0 Å². The van der Waals surface area contributed by atoms with E-state index < -0.39 is 0 Å². The first-order valence-electron chi connectivity index (χ1n) is 8.08. The summed E-state index contributed by atoms with van der Waals surface area (Å²) in [6.45, 7) is 7.82. The van der Waals surface area contributed by atoms with Gasteiger partial charge in [-0.2, -0.15) is 0 Å². The second-order valence-electron chi connectivity index (χ2n) is 7.36. The molecule has 1 saturated heterocycles. The minimum absolute atomic E-state index is 0.181.